The highest BCUT2D eigenvalue weighted by Crippen LogP contribution is 2.24. The van der Waals surface area contributed by atoms with Gasteiger partial charge >= 0.3 is 0 Å². The topological polar surface area (TPSA) is 86.3 Å². The minimum atomic E-state index is -0.567. The molecule has 0 aliphatic carbocycles. The number of aryl methyl sites for hydroxylation is 1. The van der Waals surface area contributed by atoms with Crippen LogP contribution in [-0.4, -0.2) is 23.0 Å². The van der Waals surface area contributed by atoms with Gasteiger partial charge in [-0.05, 0) is 56.3 Å². The molecule has 0 fully saturated rings. The molecule has 0 bridgehead atoms. The zero-order valence-electron chi connectivity index (χ0n) is 15.5. The number of halogens is 1. The number of carbonyl (C=O) groups is 2. The predicted octanol–water partition coefficient (Wildman–Crippen LogP) is 3.35. The summed E-state index contributed by atoms with van der Waals surface area (Å²) in [6.45, 7) is 3.38. The van der Waals surface area contributed by atoms with Crippen molar-refractivity contribution >= 4 is 17.5 Å². The largest absolute Gasteiger partial charge is 0.484 e. The third-order valence-electron chi connectivity index (χ3n) is 4.26. The highest BCUT2D eigenvalue weighted by molar-refractivity contribution is 6.05. The van der Waals surface area contributed by atoms with Gasteiger partial charge in [-0.25, -0.2) is 4.39 Å². The van der Waals surface area contributed by atoms with E-state index in [4.69, 9.17) is 10.5 Å². The molecule has 3 rings (SSSR count). The molecule has 0 spiro atoms. The maximum atomic E-state index is 14.2. The number of ether oxygens (including phenoxy) is 1. The van der Waals surface area contributed by atoms with Crippen molar-refractivity contribution in [1.82, 2.24) is 4.57 Å². The Morgan fingerprint density at radius 1 is 1.11 bits per heavy atom. The van der Waals surface area contributed by atoms with Gasteiger partial charge in [0.25, 0.3) is 11.8 Å². The molecule has 7 heteroatoms. The molecule has 2 amide bonds. The summed E-state index contributed by atoms with van der Waals surface area (Å²) in [7, 11) is 0. The summed E-state index contributed by atoms with van der Waals surface area (Å²) < 4.78 is 21.1. The standard InChI is InChI=1S/C21H20FN3O3/c1-13-11-17(14(2)25(13)19-6-4-3-5-18(19)22)21(27)24-15-7-9-16(10-8-15)28-12-20(23)26/h3-11H,12H2,1-2H3,(H2,23,26)(H,24,27). The lowest BCUT2D eigenvalue weighted by Gasteiger charge is -2.11. The molecule has 0 unspecified atom stereocenters. The van der Waals surface area contributed by atoms with Crippen LogP contribution in [-0.2, 0) is 4.79 Å². The average Bonchev–Trinajstić information content (AvgIpc) is 2.96. The Labute approximate surface area is 161 Å². The SMILES string of the molecule is Cc1cc(C(=O)Nc2ccc(OCC(N)=O)cc2)c(C)n1-c1ccccc1F. The number of aromatic nitrogens is 1. The Bertz CT molecular complexity index is 1030. The van der Waals surface area contributed by atoms with E-state index in [1.807, 2.05) is 6.92 Å². The second kappa shape index (κ2) is 7.96. The van der Waals surface area contributed by atoms with Crippen LogP contribution >= 0.6 is 0 Å². The fourth-order valence-corrected chi connectivity index (χ4v) is 2.98. The molecule has 0 aliphatic rings. The van der Waals surface area contributed by atoms with E-state index in [-0.39, 0.29) is 18.3 Å². The third kappa shape index (κ3) is 4.03. The summed E-state index contributed by atoms with van der Waals surface area (Å²) in [5, 5.41) is 2.80. The number of nitrogens with two attached hydrogens (primary N) is 1. The van der Waals surface area contributed by atoms with Crippen LogP contribution in [0.5, 0.6) is 5.75 Å². The van der Waals surface area contributed by atoms with Crippen molar-refractivity contribution in [2.24, 2.45) is 5.73 Å². The average molecular weight is 381 g/mol. The van der Waals surface area contributed by atoms with Gasteiger partial charge in [0.1, 0.15) is 11.6 Å². The van der Waals surface area contributed by atoms with Crippen molar-refractivity contribution in [3.63, 3.8) is 0 Å². The number of rotatable bonds is 6. The molecule has 0 saturated carbocycles. The van der Waals surface area contributed by atoms with E-state index >= 15 is 0 Å². The van der Waals surface area contributed by atoms with Crippen LogP contribution in [0.2, 0.25) is 0 Å². The second-order valence-corrected chi connectivity index (χ2v) is 6.31. The first kappa shape index (κ1) is 19.2. The van der Waals surface area contributed by atoms with Crippen molar-refractivity contribution in [2.75, 3.05) is 11.9 Å². The van der Waals surface area contributed by atoms with Gasteiger partial charge in [-0.2, -0.15) is 0 Å². The smallest absolute Gasteiger partial charge is 0.257 e. The van der Waals surface area contributed by atoms with Crippen molar-refractivity contribution < 1.29 is 18.7 Å². The zero-order chi connectivity index (χ0) is 20.3. The summed E-state index contributed by atoms with van der Waals surface area (Å²) >= 11 is 0. The summed E-state index contributed by atoms with van der Waals surface area (Å²) in [4.78, 5) is 23.4. The third-order valence-corrected chi connectivity index (χ3v) is 4.26. The Hall–Kier alpha value is -3.61. The van der Waals surface area contributed by atoms with Gasteiger partial charge in [0.05, 0.1) is 11.3 Å². The van der Waals surface area contributed by atoms with Crippen LogP contribution in [0.4, 0.5) is 10.1 Å². The Morgan fingerprint density at radius 2 is 1.79 bits per heavy atom. The van der Waals surface area contributed by atoms with Crippen LogP contribution in [0.25, 0.3) is 5.69 Å². The van der Waals surface area contributed by atoms with Crippen LogP contribution in [0.1, 0.15) is 21.7 Å². The van der Waals surface area contributed by atoms with Crippen LogP contribution < -0.4 is 15.8 Å². The van der Waals surface area contributed by atoms with Gasteiger partial charge in [-0.15, -0.1) is 0 Å². The predicted molar refractivity (Wildman–Crippen MR) is 104 cm³/mol. The monoisotopic (exact) mass is 381 g/mol. The van der Waals surface area contributed by atoms with Gasteiger partial charge in [-0.3, -0.25) is 9.59 Å². The van der Waals surface area contributed by atoms with Gasteiger partial charge in [0.2, 0.25) is 0 Å². The van der Waals surface area contributed by atoms with Crippen molar-refractivity contribution in [2.45, 2.75) is 13.8 Å². The van der Waals surface area contributed by atoms with E-state index < -0.39 is 5.91 Å². The molecule has 28 heavy (non-hydrogen) atoms. The number of nitrogens with zero attached hydrogens (tertiary/aromatic N) is 1. The van der Waals surface area contributed by atoms with Crippen LogP contribution in [0, 0.1) is 19.7 Å². The van der Waals surface area contributed by atoms with Crippen LogP contribution in [0.15, 0.2) is 54.6 Å². The van der Waals surface area contributed by atoms with Gasteiger partial charge in [-0.1, -0.05) is 12.1 Å². The number of nitrogens with one attached hydrogen (secondary N) is 1. The number of amides is 2. The fourth-order valence-electron chi connectivity index (χ4n) is 2.98. The first-order chi connectivity index (χ1) is 13.4. The summed E-state index contributed by atoms with van der Waals surface area (Å²) in [5.74, 6) is -0.763. The number of carbonyl (C=O) groups excluding carboxylic acids is 2. The number of benzene rings is 2. The molecule has 0 radical (unpaired) electrons. The van der Waals surface area contributed by atoms with Crippen molar-refractivity contribution in [3.05, 3.63) is 77.4 Å². The first-order valence-corrected chi connectivity index (χ1v) is 8.63. The van der Waals surface area contributed by atoms with E-state index in [1.165, 1.54) is 6.07 Å². The second-order valence-electron chi connectivity index (χ2n) is 6.31. The molecule has 6 nitrogen and oxygen atoms in total. The normalized spacial score (nSPS) is 10.5. The van der Waals surface area contributed by atoms with E-state index in [0.717, 1.165) is 5.69 Å². The first-order valence-electron chi connectivity index (χ1n) is 8.63. The molecule has 1 aromatic heterocycles. The lowest BCUT2D eigenvalue weighted by molar-refractivity contribution is -0.119. The minimum absolute atomic E-state index is 0.215. The molecular weight excluding hydrogens is 361 g/mol. The molecule has 0 aliphatic heterocycles. The number of primary amides is 1. The molecular formula is C21H20FN3O3. The number of hydrogen-bond acceptors (Lipinski definition) is 3. The molecule has 3 N–H and O–H groups in total. The van der Waals surface area contributed by atoms with Crippen molar-refractivity contribution in [1.29, 1.82) is 0 Å². The zero-order valence-corrected chi connectivity index (χ0v) is 15.5. The molecule has 3 aromatic rings. The fraction of sp³-hybridized carbons (Fsp3) is 0.143. The summed E-state index contributed by atoms with van der Waals surface area (Å²) in [5.41, 5.74) is 7.84. The Kier molecular flexibility index (Phi) is 5.44. The van der Waals surface area contributed by atoms with E-state index in [2.05, 4.69) is 5.32 Å². The van der Waals surface area contributed by atoms with E-state index in [1.54, 1.807) is 60.0 Å². The van der Waals surface area contributed by atoms with Gasteiger partial charge < -0.3 is 20.4 Å². The van der Waals surface area contributed by atoms with Crippen LogP contribution in [0.3, 0.4) is 0 Å². The lowest BCUT2D eigenvalue weighted by atomic mass is 10.2. The Balaban J connectivity index is 1.79. The minimum Gasteiger partial charge on any atom is -0.484 e. The van der Waals surface area contributed by atoms with Gasteiger partial charge in [0.15, 0.2) is 6.61 Å². The molecule has 2 aromatic carbocycles. The number of anilines is 1. The van der Waals surface area contributed by atoms with Crippen molar-refractivity contribution in [3.8, 4) is 11.4 Å². The molecule has 1 heterocycles. The number of hydrogen-bond donors (Lipinski definition) is 2. The molecule has 144 valence electrons. The van der Waals surface area contributed by atoms with Gasteiger partial charge in [0, 0.05) is 17.1 Å². The molecule has 0 atom stereocenters. The summed E-state index contributed by atoms with van der Waals surface area (Å²) in [6, 6.07) is 14.7. The lowest BCUT2D eigenvalue weighted by Crippen LogP contribution is -2.20. The maximum absolute atomic E-state index is 14.2. The number of para-hydroxylation sites is 1. The van der Waals surface area contributed by atoms with E-state index in [9.17, 15) is 14.0 Å². The highest BCUT2D eigenvalue weighted by Gasteiger charge is 2.18. The Morgan fingerprint density at radius 3 is 2.43 bits per heavy atom. The highest BCUT2D eigenvalue weighted by atomic mass is 19.1. The quantitative estimate of drug-likeness (QED) is 0.687. The van der Waals surface area contributed by atoms with E-state index in [0.29, 0.717) is 28.4 Å². The molecule has 0 saturated heterocycles. The maximum Gasteiger partial charge on any atom is 0.257 e. The summed E-state index contributed by atoms with van der Waals surface area (Å²) in [6.07, 6.45) is 0.